The highest BCUT2D eigenvalue weighted by atomic mass is 32.2. The smallest absolute Gasteiger partial charge is 0.127 e. The molecule has 62 valence electrons. The van der Waals surface area contributed by atoms with Crippen LogP contribution >= 0.6 is 11.8 Å². The number of rotatable bonds is 2. The van der Waals surface area contributed by atoms with E-state index in [0.29, 0.717) is 5.56 Å². The lowest BCUT2D eigenvalue weighted by atomic mass is 9.79. The molecule has 3 heteroatoms. The Morgan fingerprint density at radius 3 is 2.17 bits per heavy atom. The molecule has 1 rings (SSSR count). The fraction of sp³-hybridized carbons (Fsp3) is 0.333. The summed E-state index contributed by atoms with van der Waals surface area (Å²) in [6.07, 6.45) is 1.98. The van der Waals surface area contributed by atoms with Crippen LogP contribution < -0.4 is 0 Å². The van der Waals surface area contributed by atoms with Crippen LogP contribution in [-0.4, -0.2) is 14.1 Å². The minimum atomic E-state index is -1.73. The highest BCUT2D eigenvalue weighted by molar-refractivity contribution is 7.98. The maximum absolute atomic E-state index is 13.1. The van der Waals surface area contributed by atoms with Crippen molar-refractivity contribution < 1.29 is 4.39 Å². The summed E-state index contributed by atoms with van der Waals surface area (Å²) < 4.78 is 13.1. The van der Waals surface area contributed by atoms with Crippen molar-refractivity contribution in [2.24, 2.45) is 0 Å². The molecule has 0 aliphatic rings. The van der Waals surface area contributed by atoms with Crippen molar-refractivity contribution in [1.82, 2.24) is 0 Å². The Morgan fingerprint density at radius 2 is 1.83 bits per heavy atom. The molecule has 0 fully saturated rings. The van der Waals surface area contributed by atoms with E-state index in [-0.39, 0.29) is 0 Å². The fourth-order valence-corrected chi connectivity index (χ4v) is 1.33. The van der Waals surface area contributed by atoms with Gasteiger partial charge in [-0.15, -0.1) is 11.8 Å². The zero-order valence-electron chi connectivity index (χ0n) is 7.17. The molecule has 0 heterocycles. The first kappa shape index (κ1) is 9.65. The van der Waals surface area contributed by atoms with Gasteiger partial charge in [0.2, 0.25) is 0 Å². The molecular weight excluding hydrogens is 170 g/mol. The van der Waals surface area contributed by atoms with E-state index in [2.05, 4.69) is 0 Å². The maximum atomic E-state index is 13.1. The van der Waals surface area contributed by atoms with Crippen molar-refractivity contribution in [2.45, 2.75) is 17.4 Å². The van der Waals surface area contributed by atoms with Crippen LogP contribution in [-0.2, 0) is 5.57 Å². The molecule has 0 N–H and O–H groups in total. The van der Waals surface area contributed by atoms with Gasteiger partial charge in [0.25, 0.3) is 0 Å². The van der Waals surface area contributed by atoms with Gasteiger partial charge in [0.05, 0.1) is 5.57 Å². The Morgan fingerprint density at radius 1 is 1.33 bits per heavy atom. The molecule has 0 bridgehead atoms. The number of hydrogen-bond donors (Lipinski definition) is 0. The summed E-state index contributed by atoms with van der Waals surface area (Å²) in [7, 11) is 5.27. The van der Waals surface area contributed by atoms with Gasteiger partial charge in [0, 0.05) is 4.90 Å². The van der Waals surface area contributed by atoms with E-state index in [1.807, 2.05) is 18.4 Å². The number of thioether (sulfide) groups is 1. The monoisotopic (exact) mass is 180 g/mol. The first-order valence-electron chi connectivity index (χ1n) is 3.66. The Hall–Kier alpha value is -0.435. The maximum Gasteiger partial charge on any atom is 0.127 e. The van der Waals surface area contributed by atoms with Crippen LogP contribution in [0, 0.1) is 0 Å². The summed E-state index contributed by atoms with van der Waals surface area (Å²) in [5.74, 6) is 0. The molecule has 2 radical (unpaired) electrons. The van der Waals surface area contributed by atoms with E-state index in [0.717, 1.165) is 4.90 Å². The summed E-state index contributed by atoms with van der Waals surface area (Å²) >= 11 is 1.62. The molecule has 1 aromatic carbocycles. The van der Waals surface area contributed by atoms with E-state index >= 15 is 0 Å². The van der Waals surface area contributed by atoms with Crippen LogP contribution in [0.5, 0.6) is 0 Å². The zero-order chi connectivity index (χ0) is 9.19. The van der Waals surface area contributed by atoms with Gasteiger partial charge in [-0.2, -0.15) is 0 Å². The standard InChI is InChI=1S/C9H10BFS/c1-9(10,11)7-3-5-8(12-2)6-4-7/h3-6H,1-2H3. The van der Waals surface area contributed by atoms with Gasteiger partial charge in [-0.1, -0.05) is 12.1 Å². The van der Waals surface area contributed by atoms with Crippen molar-refractivity contribution in [1.29, 1.82) is 0 Å². The third-order valence-corrected chi connectivity index (χ3v) is 2.40. The van der Waals surface area contributed by atoms with E-state index in [1.165, 1.54) is 6.92 Å². The molecular formula is C9H10BFS. The number of halogens is 1. The lowest BCUT2D eigenvalue weighted by Gasteiger charge is -2.14. The van der Waals surface area contributed by atoms with Crippen molar-refractivity contribution in [3.63, 3.8) is 0 Å². The van der Waals surface area contributed by atoms with E-state index in [4.69, 9.17) is 7.85 Å². The van der Waals surface area contributed by atoms with Gasteiger partial charge >= 0.3 is 0 Å². The first-order valence-corrected chi connectivity index (χ1v) is 4.89. The molecule has 1 aromatic rings. The predicted octanol–water partition coefficient (Wildman–Crippen LogP) is 2.72. The molecule has 0 saturated heterocycles. The Balaban J connectivity index is 2.93. The summed E-state index contributed by atoms with van der Waals surface area (Å²) in [6, 6.07) is 7.16. The minimum Gasteiger partial charge on any atom is -0.250 e. The average molecular weight is 180 g/mol. The van der Waals surface area contributed by atoms with E-state index in [9.17, 15) is 4.39 Å². The molecule has 0 aliphatic carbocycles. The van der Waals surface area contributed by atoms with Gasteiger partial charge < -0.3 is 0 Å². The molecule has 1 atom stereocenters. The summed E-state index contributed by atoms with van der Waals surface area (Å²) in [5.41, 5.74) is -1.21. The number of benzene rings is 1. The van der Waals surface area contributed by atoms with Gasteiger partial charge in [-0.3, -0.25) is 4.39 Å². The van der Waals surface area contributed by atoms with Crippen LogP contribution in [0.25, 0.3) is 0 Å². The third kappa shape index (κ3) is 2.27. The van der Waals surface area contributed by atoms with Crippen molar-refractivity contribution in [3.05, 3.63) is 29.8 Å². The molecule has 0 aliphatic heterocycles. The minimum absolute atomic E-state index is 0.514. The topological polar surface area (TPSA) is 0 Å². The average Bonchev–Trinajstić information content (AvgIpc) is 2.03. The highest BCUT2D eigenvalue weighted by Gasteiger charge is 2.17. The largest absolute Gasteiger partial charge is 0.250 e. The quantitative estimate of drug-likeness (QED) is 0.498. The van der Waals surface area contributed by atoms with Gasteiger partial charge in [-0.25, -0.2) is 0 Å². The van der Waals surface area contributed by atoms with Crippen LogP contribution in [0.4, 0.5) is 4.39 Å². The summed E-state index contributed by atoms with van der Waals surface area (Å²) in [4.78, 5) is 1.11. The van der Waals surface area contributed by atoms with Crippen molar-refractivity contribution in [3.8, 4) is 0 Å². The second kappa shape index (κ2) is 3.52. The second-order valence-corrected chi connectivity index (χ2v) is 3.68. The second-order valence-electron chi connectivity index (χ2n) is 2.80. The van der Waals surface area contributed by atoms with Crippen LogP contribution in [0.15, 0.2) is 29.2 Å². The SMILES string of the molecule is [B]C(C)(F)c1ccc(SC)cc1. The van der Waals surface area contributed by atoms with E-state index < -0.39 is 5.57 Å². The fourth-order valence-electron chi connectivity index (χ4n) is 0.917. The molecule has 12 heavy (non-hydrogen) atoms. The molecule has 0 nitrogen and oxygen atoms in total. The van der Waals surface area contributed by atoms with Crippen molar-refractivity contribution >= 4 is 19.6 Å². The Labute approximate surface area is 78.0 Å². The first-order chi connectivity index (χ1) is 5.54. The summed E-state index contributed by atoms with van der Waals surface area (Å²) in [6.45, 7) is 1.35. The number of alkyl halides is 1. The zero-order valence-corrected chi connectivity index (χ0v) is 7.99. The van der Waals surface area contributed by atoms with Crippen LogP contribution in [0.2, 0.25) is 0 Å². The molecule has 0 aromatic heterocycles. The van der Waals surface area contributed by atoms with Gasteiger partial charge in [0.1, 0.15) is 7.85 Å². The molecule has 0 saturated carbocycles. The predicted molar refractivity (Wildman–Crippen MR) is 52.4 cm³/mol. The lowest BCUT2D eigenvalue weighted by Crippen LogP contribution is -2.14. The Bertz CT molecular complexity index is 250. The normalized spacial score (nSPS) is 15.6. The van der Waals surface area contributed by atoms with Crippen molar-refractivity contribution in [2.75, 3.05) is 6.26 Å². The van der Waals surface area contributed by atoms with Crippen LogP contribution in [0.3, 0.4) is 0 Å². The summed E-state index contributed by atoms with van der Waals surface area (Å²) in [5, 5.41) is 0. The highest BCUT2D eigenvalue weighted by Crippen LogP contribution is 2.23. The van der Waals surface area contributed by atoms with E-state index in [1.54, 1.807) is 23.9 Å². The third-order valence-electron chi connectivity index (χ3n) is 1.65. The van der Waals surface area contributed by atoms with Gasteiger partial charge in [-0.05, 0) is 30.9 Å². The molecule has 1 unspecified atom stereocenters. The lowest BCUT2D eigenvalue weighted by molar-refractivity contribution is 0.313. The number of hydrogen-bond acceptors (Lipinski definition) is 1. The van der Waals surface area contributed by atoms with Crippen LogP contribution in [0.1, 0.15) is 12.5 Å². The van der Waals surface area contributed by atoms with Gasteiger partial charge in [0.15, 0.2) is 0 Å². The molecule has 0 spiro atoms. The Kier molecular flexibility index (Phi) is 2.83. The molecule has 0 amide bonds.